The van der Waals surface area contributed by atoms with Crippen LogP contribution in [0.3, 0.4) is 0 Å². The van der Waals surface area contributed by atoms with E-state index in [1.807, 2.05) is 0 Å². The second-order valence-corrected chi connectivity index (χ2v) is 5.94. The van der Waals surface area contributed by atoms with Gasteiger partial charge in [0.05, 0.1) is 12.6 Å². The number of carbonyl (C=O) groups excluding carboxylic acids is 1. The Morgan fingerprint density at radius 2 is 1.80 bits per heavy atom. The summed E-state index contributed by atoms with van der Waals surface area (Å²) in [5, 5.41) is 2.60. The van der Waals surface area contributed by atoms with E-state index in [0.29, 0.717) is 12.2 Å². The van der Waals surface area contributed by atoms with Crippen LogP contribution in [0.5, 0.6) is 0 Å². The molecule has 134 valence electrons. The van der Waals surface area contributed by atoms with E-state index in [4.69, 9.17) is 0 Å². The highest BCUT2D eigenvalue weighted by Crippen LogP contribution is 2.29. The maximum absolute atomic E-state index is 13.2. The summed E-state index contributed by atoms with van der Waals surface area (Å²) < 4.78 is 50.8. The first kappa shape index (κ1) is 18.9. The second kappa shape index (κ2) is 7.65. The van der Waals surface area contributed by atoms with E-state index < -0.39 is 17.8 Å². The van der Waals surface area contributed by atoms with Gasteiger partial charge in [-0.25, -0.2) is 4.39 Å². The predicted octanol–water partition coefficient (Wildman–Crippen LogP) is 2.89. The fourth-order valence-electron chi connectivity index (χ4n) is 2.34. The van der Waals surface area contributed by atoms with Gasteiger partial charge in [-0.15, -0.1) is 0 Å². The first-order valence-electron chi connectivity index (χ1n) is 7.71. The third-order valence-electron chi connectivity index (χ3n) is 3.98. The summed E-state index contributed by atoms with van der Waals surface area (Å²) in [6.45, 7) is 2.15. The maximum Gasteiger partial charge on any atom is 0.416 e. The van der Waals surface area contributed by atoms with E-state index in [9.17, 15) is 22.4 Å². The molecule has 7 heteroatoms. The molecule has 2 aromatic rings. The number of carbonyl (C=O) groups is 1. The molecule has 3 nitrogen and oxygen atoms in total. The van der Waals surface area contributed by atoms with Gasteiger partial charge in [-0.3, -0.25) is 4.79 Å². The van der Waals surface area contributed by atoms with Gasteiger partial charge in [-0.05, 0) is 43.3 Å². The lowest BCUT2D eigenvalue weighted by Gasteiger charge is -2.21. The number of hydrogen-bond acceptors (Lipinski definition) is 1. The number of nitrogens with one attached hydrogen (secondary N) is 2. The fraction of sp³-hybridized carbons (Fsp3) is 0.278. The number of likely N-dealkylation sites (N-methyl/N-ethyl adjacent to an activating group) is 1. The van der Waals surface area contributed by atoms with Crippen molar-refractivity contribution in [3.8, 4) is 0 Å². The molecule has 25 heavy (non-hydrogen) atoms. The summed E-state index contributed by atoms with van der Waals surface area (Å²) in [6, 6.07) is 9.94. The summed E-state index contributed by atoms with van der Waals surface area (Å²) in [5.74, 6) is -0.666. The standard InChI is InChI=1S/C18H18F4N2O/c1-12(24(2)11-13-4-3-5-15(19)10-13)17(25)23-16-8-6-14(7-9-16)18(20,21)22/h3-10,12H,11H2,1-2H3,(H,23,25)/p+1/t12-/m0/s1. The van der Waals surface area contributed by atoms with Crippen molar-refractivity contribution >= 4 is 11.6 Å². The molecule has 1 amide bonds. The van der Waals surface area contributed by atoms with Gasteiger partial charge in [0.1, 0.15) is 12.4 Å². The van der Waals surface area contributed by atoms with Crippen LogP contribution in [0.4, 0.5) is 23.2 Å². The Balaban J connectivity index is 1.97. The van der Waals surface area contributed by atoms with Gasteiger partial charge in [-0.1, -0.05) is 12.1 Å². The number of anilines is 1. The molecule has 0 bridgehead atoms. The number of quaternary nitrogens is 1. The molecule has 0 aliphatic heterocycles. The molecule has 0 saturated carbocycles. The van der Waals surface area contributed by atoms with E-state index in [1.54, 1.807) is 26.1 Å². The van der Waals surface area contributed by atoms with Crippen molar-refractivity contribution < 1.29 is 27.3 Å². The highest BCUT2D eigenvalue weighted by molar-refractivity contribution is 5.93. The quantitative estimate of drug-likeness (QED) is 0.795. The molecule has 2 N–H and O–H groups in total. The first-order valence-corrected chi connectivity index (χ1v) is 7.71. The largest absolute Gasteiger partial charge is 0.416 e. The molecule has 0 heterocycles. The van der Waals surface area contributed by atoms with Crippen LogP contribution in [0.2, 0.25) is 0 Å². The summed E-state index contributed by atoms with van der Waals surface area (Å²) in [6.07, 6.45) is -4.41. The molecule has 2 aromatic carbocycles. The number of benzene rings is 2. The molecule has 0 aromatic heterocycles. The fourth-order valence-corrected chi connectivity index (χ4v) is 2.34. The number of halogens is 4. The molecule has 0 fully saturated rings. The predicted molar refractivity (Wildman–Crippen MR) is 86.5 cm³/mol. The highest BCUT2D eigenvalue weighted by atomic mass is 19.4. The Kier molecular flexibility index (Phi) is 5.79. The summed E-state index contributed by atoms with van der Waals surface area (Å²) in [4.78, 5) is 13.1. The van der Waals surface area contributed by atoms with Crippen LogP contribution >= 0.6 is 0 Å². The number of rotatable bonds is 5. The SMILES string of the molecule is C[C@@H](C(=O)Nc1ccc(C(F)(F)F)cc1)[NH+](C)Cc1cccc(F)c1. The van der Waals surface area contributed by atoms with Gasteiger partial charge in [0, 0.05) is 11.3 Å². The Morgan fingerprint density at radius 3 is 2.36 bits per heavy atom. The highest BCUT2D eigenvalue weighted by Gasteiger charge is 2.30. The van der Waals surface area contributed by atoms with Crippen LogP contribution in [0.1, 0.15) is 18.1 Å². The van der Waals surface area contributed by atoms with Crippen molar-refractivity contribution in [3.63, 3.8) is 0 Å². The van der Waals surface area contributed by atoms with Gasteiger partial charge in [0.2, 0.25) is 0 Å². The molecule has 2 atom stereocenters. The monoisotopic (exact) mass is 355 g/mol. The smallest absolute Gasteiger partial charge is 0.324 e. The number of alkyl halides is 3. The number of hydrogen-bond donors (Lipinski definition) is 2. The molecular weight excluding hydrogens is 336 g/mol. The Morgan fingerprint density at radius 1 is 1.16 bits per heavy atom. The zero-order chi connectivity index (χ0) is 18.6. The minimum atomic E-state index is -4.41. The van der Waals surface area contributed by atoms with Crippen molar-refractivity contribution in [1.82, 2.24) is 0 Å². The molecule has 0 aliphatic rings. The van der Waals surface area contributed by atoms with Crippen LogP contribution in [-0.4, -0.2) is 19.0 Å². The lowest BCUT2D eigenvalue weighted by atomic mass is 10.1. The summed E-state index contributed by atoms with van der Waals surface area (Å²) in [5.41, 5.74) is 0.280. The van der Waals surface area contributed by atoms with Gasteiger partial charge in [0.15, 0.2) is 6.04 Å². The van der Waals surface area contributed by atoms with Crippen LogP contribution in [0.25, 0.3) is 0 Å². The van der Waals surface area contributed by atoms with Crippen molar-refractivity contribution in [1.29, 1.82) is 0 Å². The third kappa shape index (κ3) is 5.29. The topological polar surface area (TPSA) is 33.5 Å². The van der Waals surface area contributed by atoms with Crippen molar-refractivity contribution in [2.45, 2.75) is 25.7 Å². The summed E-state index contributed by atoms with van der Waals surface area (Å²) in [7, 11) is 1.79. The van der Waals surface area contributed by atoms with E-state index >= 15 is 0 Å². The first-order chi connectivity index (χ1) is 11.7. The van der Waals surface area contributed by atoms with Crippen LogP contribution in [-0.2, 0) is 17.5 Å². The molecule has 0 saturated heterocycles. The van der Waals surface area contributed by atoms with Gasteiger partial charge in [-0.2, -0.15) is 13.2 Å². The van der Waals surface area contributed by atoms with Crippen LogP contribution in [0, 0.1) is 5.82 Å². The average Bonchev–Trinajstić information content (AvgIpc) is 2.53. The van der Waals surface area contributed by atoms with Gasteiger partial charge in [0.25, 0.3) is 5.91 Å². The Hall–Kier alpha value is -2.41. The van der Waals surface area contributed by atoms with E-state index in [1.165, 1.54) is 24.3 Å². The van der Waals surface area contributed by atoms with E-state index in [-0.39, 0.29) is 11.7 Å². The van der Waals surface area contributed by atoms with Crippen molar-refractivity contribution in [3.05, 3.63) is 65.5 Å². The second-order valence-electron chi connectivity index (χ2n) is 5.94. The maximum atomic E-state index is 13.2. The minimum absolute atomic E-state index is 0.295. The van der Waals surface area contributed by atoms with Gasteiger partial charge >= 0.3 is 6.18 Å². The molecule has 0 spiro atoms. The zero-order valence-corrected chi connectivity index (χ0v) is 13.8. The molecule has 0 aliphatic carbocycles. The van der Waals surface area contributed by atoms with E-state index in [2.05, 4.69) is 5.32 Å². The molecule has 0 radical (unpaired) electrons. The Labute approximate surface area is 143 Å². The summed E-state index contributed by atoms with van der Waals surface area (Å²) >= 11 is 0. The van der Waals surface area contributed by atoms with Crippen LogP contribution in [0.15, 0.2) is 48.5 Å². The zero-order valence-electron chi connectivity index (χ0n) is 13.8. The van der Waals surface area contributed by atoms with E-state index in [0.717, 1.165) is 22.6 Å². The Bertz CT molecular complexity index is 729. The van der Waals surface area contributed by atoms with Crippen molar-refractivity contribution in [2.24, 2.45) is 0 Å². The normalized spacial score (nSPS) is 14.0. The molecular formula is C18H19F4N2O+. The lowest BCUT2D eigenvalue weighted by Crippen LogP contribution is -3.12. The van der Waals surface area contributed by atoms with Gasteiger partial charge < -0.3 is 10.2 Å². The number of amides is 1. The molecule has 2 rings (SSSR count). The van der Waals surface area contributed by atoms with Crippen molar-refractivity contribution in [2.75, 3.05) is 12.4 Å². The molecule has 1 unspecified atom stereocenters. The average molecular weight is 355 g/mol. The third-order valence-corrected chi connectivity index (χ3v) is 3.98. The minimum Gasteiger partial charge on any atom is -0.324 e. The van der Waals surface area contributed by atoms with Crippen LogP contribution < -0.4 is 10.2 Å². The lowest BCUT2D eigenvalue weighted by molar-refractivity contribution is -0.907.